The second-order valence-electron chi connectivity index (χ2n) is 6.75. The summed E-state index contributed by atoms with van der Waals surface area (Å²) in [6, 6.07) is 11.9. The molecular weight excluding hydrogens is 366 g/mol. The summed E-state index contributed by atoms with van der Waals surface area (Å²) in [7, 11) is 0. The van der Waals surface area contributed by atoms with Gasteiger partial charge in [-0.2, -0.15) is 0 Å². The highest BCUT2D eigenvalue weighted by molar-refractivity contribution is 7.98. The molecule has 26 heavy (non-hydrogen) atoms. The molecule has 2 N–H and O–H groups in total. The summed E-state index contributed by atoms with van der Waals surface area (Å²) in [6.07, 6.45) is 3.83. The van der Waals surface area contributed by atoms with Crippen LogP contribution in [0, 0.1) is 5.92 Å². The van der Waals surface area contributed by atoms with E-state index in [-0.39, 0.29) is 24.0 Å². The molecule has 3 atom stereocenters. The van der Waals surface area contributed by atoms with E-state index in [9.17, 15) is 9.59 Å². The van der Waals surface area contributed by atoms with Crippen molar-refractivity contribution in [2.45, 2.75) is 29.8 Å². The first-order valence-electron chi connectivity index (χ1n) is 8.70. The number of anilines is 1. The molecule has 0 radical (unpaired) electrons. The Labute approximate surface area is 161 Å². The maximum Gasteiger partial charge on any atom is 0.322 e. The fourth-order valence-corrected chi connectivity index (χ4v) is 4.93. The summed E-state index contributed by atoms with van der Waals surface area (Å²) in [6.45, 7) is 0.703. The number of likely N-dealkylation sites (tertiary alicyclic amines) is 1. The largest absolute Gasteiger partial charge is 0.348 e. The molecule has 1 saturated carbocycles. The van der Waals surface area contributed by atoms with Gasteiger partial charge in [0.15, 0.2) is 0 Å². The average Bonchev–Trinajstić information content (AvgIpc) is 3.39. The average molecular weight is 388 g/mol. The molecule has 0 spiro atoms. The Hall–Kier alpha value is -1.99. The van der Waals surface area contributed by atoms with Gasteiger partial charge in [0.25, 0.3) is 5.91 Å². The molecule has 1 aliphatic carbocycles. The van der Waals surface area contributed by atoms with Crippen molar-refractivity contribution in [2.24, 2.45) is 5.92 Å². The predicted molar refractivity (Wildman–Crippen MR) is 106 cm³/mol. The molecule has 3 amide bonds. The molecule has 1 aliphatic heterocycles. The van der Waals surface area contributed by atoms with Crippen molar-refractivity contribution in [3.05, 3.63) is 46.7 Å². The first-order valence-corrected chi connectivity index (χ1v) is 10.8. The van der Waals surface area contributed by atoms with Gasteiger partial charge >= 0.3 is 6.03 Å². The van der Waals surface area contributed by atoms with Gasteiger partial charge in [0.1, 0.15) is 0 Å². The van der Waals surface area contributed by atoms with Crippen LogP contribution in [0.2, 0.25) is 0 Å². The number of thioether (sulfide) groups is 1. The SMILES string of the molecule is CSc1ccc(NC(=O)N2CC3CC2CC3NC(=O)c2cccs2)cc1. The lowest BCUT2D eigenvalue weighted by Crippen LogP contribution is -2.48. The van der Waals surface area contributed by atoms with Crippen LogP contribution in [0.25, 0.3) is 0 Å². The van der Waals surface area contributed by atoms with Gasteiger partial charge in [-0.1, -0.05) is 6.07 Å². The summed E-state index contributed by atoms with van der Waals surface area (Å²) in [5, 5.41) is 8.05. The quantitative estimate of drug-likeness (QED) is 0.783. The zero-order valence-electron chi connectivity index (χ0n) is 14.5. The molecule has 2 aliphatic rings. The Morgan fingerprint density at radius 1 is 1.19 bits per heavy atom. The van der Waals surface area contributed by atoms with Crippen LogP contribution in [0.3, 0.4) is 0 Å². The number of fused-ring (bicyclic) bond motifs is 2. The third kappa shape index (κ3) is 3.46. The highest BCUT2D eigenvalue weighted by atomic mass is 32.2. The van der Waals surface area contributed by atoms with E-state index in [1.807, 2.05) is 52.9 Å². The standard InChI is InChI=1S/C19H21N3O2S2/c1-25-15-6-4-13(5-7-15)20-19(24)22-11-12-9-14(22)10-16(12)21-18(23)17-3-2-8-26-17/h2-8,12,14,16H,9-11H2,1H3,(H,20,24)(H,21,23). The Morgan fingerprint density at radius 3 is 2.62 bits per heavy atom. The first-order chi connectivity index (χ1) is 12.6. The third-order valence-corrected chi connectivity index (χ3v) is 6.82. The van der Waals surface area contributed by atoms with Gasteiger partial charge in [-0.3, -0.25) is 4.79 Å². The molecule has 5 nitrogen and oxygen atoms in total. The lowest BCUT2D eigenvalue weighted by atomic mass is 10.0. The van der Waals surface area contributed by atoms with Crippen LogP contribution in [0.15, 0.2) is 46.7 Å². The second kappa shape index (κ2) is 7.32. The summed E-state index contributed by atoms with van der Waals surface area (Å²) in [5.41, 5.74) is 0.818. The minimum atomic E-state index is -0.0440. The van der Waals surface area contributed by atoms with E-state index in [4.69, 9.17) is 0 Å². The molecule has 1 saturated heterocycles. The van der Waals surface area contributed by atoms with Crippen LogP contribution in [0.1, 0.15) is 22.5 Å². The lowest BCUT2D eigenvalue weighted by molar-refractivity contribution is 0.0919. The molecule has 3 unspecified atom stereocenters. The van der Waals surface area contributed by atoms with E-state index in [1.54, 1.807) is 11.8 Å². The van der Waals surface area contributed by atoms with E-state index >= 15 is 0 Å². The molecule has 2 heterocycles. The minimum Gasteiger partial charge on any atom is -0.348 e. The Balaban J connectivity index is 1.32. The topological polar surface area (TPSA) is 61.4 Å². The molecule has 2 fully saturated rings. The predicted octanol–water partition coefficient (Wildman–Crippen LogP) is 3.89. The number of carbonyl (C=O) groups excluding carboxylic acids is 2. The van der Waals surface area contributed by atoms with Crippen molar-refractivity contribution in [3.63, 3.8) is 0 Å². The van der Waals surface area contributed by atoms with Crippen LogP contribution < -0.4 is 10.6 Å². The zero-order valence-corrected chi connectivity index (χ0v) is 16.1. The number of urea groups is 1. The van der Waals surface area contributed by atoms with Gasteiger partial charge in [0, 0.05) is 29.2 Å². The molecule has 136 valence electrons. The number of hydrogen-bond donors (Lipinski definition) is 2. The maximum absolute atomic E-state index is 12.6. The van der Waals surface area contributed by atoms with E-state index in [2.05, 4.69) is 10.6 Å². The number of amides is 3. The lowest BCUT2D eigenvalue weighted by Gasteiger charge is -2.32. The van der Waals surface area contributed by atoms with Crippen LogP contribution in [0.5, 0.6) is 0 Å². The number of rotatable bonds is 4. The van der Waals surface area contributed by atoms with E-state index < -0.39 is 0 Å². The van der Waals surface area contributed by atoms with E-state index in [0.717, 1.165) is 23.4 Å². The summed E-state index contributed by atoms with van der Waals surface area (Å²) in [4.78, 5) is 28.7. The van der Waals surface area contributed by atoms with Crippen LogP contribution in [-0.4, -0.2) is 41.7 Å². The molecule has 2 bridgehead atoms. The molecular formula is C19H21N3O2S2. The number of benzene rings is 1. The van der Waals surface area contributed by atoms with Crippen molar-refractivity contribution < 1.29 is 9.59 Å². The van der Waals surface area contributed by atoms with Crippen molar-refractivity contribution >= 4 is 40.7 Å². The number of nitrogens with zero attached hydrogens (tertiary/aromatic N) is 1. The Kier molecular flexibility index (Phi) is 4.91. The van der Waals surface area contributed by atoms with Crippen molar-refractivity contribution in [3.8, 4) is 0 Å². The molecule has 4 rings (SSSR count). The Bertz CT molecular complexity index is 792. The zero-order chi connectivity index (χ0) is 18.1. The van der Waals surface area contributed by atoms with Gasteiger partial charge in [0.2, 0.25) is 0 Å². The molecule has 1 aromatic heterocycles. The van der Waals surface area contributed by atoms with Crippen LogP contribution in [0.4, 0.5) is 10.5 Å². The summed E-state index contributed by atoms with van der Waals surface area (Å²) < 4.78 is 0. The van der Waals surface area contributed by atoms with E-state index in [1.165, 1.54) is 16.2 Å². The van der Waals surface area contributed by atoms with Crippen molar-refractivity contribution in [1.82, 2.24) is 10.2 Å². The summed E-state index contributed by atoms with van der Waals surface area (Å²) in [5.74, 6) is 0.343. The number of carbonyl (C=O) groups is 2. The number of hydrogen-bond acceptors (Lipinski definition) is 4. The maximum atomic E-state index is 12.6. The molecule has 1 aromatic carbocycles. The van der Waals surface area contributed by atoms with Gasteiger partial charge < -0.3 is 15.5 Å². The molecule has 7 heteroatoms. The molecule has 2 aromatic rings. The fourth-order valence-electron chi connectivity index (χ4n) is 3.90. The third-order valence-electron chi connectivity index (χ3n) is 5.21. The Morgan fingerprint density at radius 2 is 2.00 bits per heavy atom. The normalized spacial score (nSPS) is 23.9. The fraction of sp³-hybridized carbons (Fsp3) is 0.368. The van der Waals surface area contributed by atoms with Gasteiger partial charge in [-0.05, 0) is 60.7 Å². The number of piperidine rings is 1. The minimum absolute atomic E-state index is 0.00225. The smallest absolute Gasteiger partial charge is 0.322 e. The first kappa shape index (κ1) is 17.4. The van der Waals surface area contributed by atoms with E-state index in [0.29, 0.717) is 12.5 Å². The van der Waals surface area contributed by atoms with Gasteiger partial charge in [0.05, 0.1) is 4.88 Å². The number of nitrogens with one attached hydrogen (secondary N) is 2. The number of thiophene rings is 1. The van der Waals surface area contributed by atoms with Crippen LogP contribution >= 0.6 is 23.1 Å². The summed E-state index contributed by atoms with van der Waals surface area (Å²) >= 11 is 3.13. The highest BCUT2D eigenvalue weighted by Gasteiger charge is 2.47. The van der Waals surface area contributed by atoms with Crippen molar-refractivity contribution in [2.75, 3.05) is 18.1 Å². The van der Waals surface area contributed by atoms with Gasteiger partial charge in [-0.25, -0.2) is 4.79 Å². The second-order valence-corrected chi connectivity index (χ2v) is 8.58. The van der Waals surface area contributed by atoms with Crippen molar-refractivity contribution in [1.29, 1.82) is 0 Å². The van der Waals surface area contributed by atoms with Gasteiger partial charge in [-0.15, -0.1) is 23.1 Å². The highest BCUT2D eigenvalue weighted by Crippen LogP contribution is 2.38. The van der Waals surface area contributed by atoms with Crippen LogP contribution in [-0.2, 0) is 0 Å². The monoisotopic (exact) mass is 387 g/mol.